The van der Waals surface area contributed by atoms with Crippen LogP contribution in [0.4, 0.5) is 0 Å². The Labute approximate surface area is 135 Å². The first-order valence-electron chi connectivity index (χ1n) is 7.67. The first-order valence-corrected chi connectivity index (χ1v) is 7.67. The van der Waals surface area contributed by atoms with Gasteiger partial charge in [-0.1, -0.05) is 0 Å². The fourth-order valence-corrected chi connectivity index (χ4v) is 2.48. The summed E-state index contributed by atoms with van der Waals surface area (Å²) in [6.07, 6.45) is 0.556. The van der Waals surface area contributed by atoms with Crippen molar-refractivity contribution in [1.29, 1.82) is 0 Å². The summed E-state index contributed by atoms with van der Waals surface area (Å²) in [5.41, 5.74) is 4.37. The number of ether oxygens (including phenoxy) is 2. The number of carbonyl (C=O) groups is 2. The molecule has 2 aromatic heterocycles. The van der Waals surface area contributed by atoms with E-state index in [9.17, 15) is 9.59 Å². The number of hydrogen-bond acceptors (Lipinski definition) is 4. The first-order chi connectivity index (χ1) is 11.0. The predicted molar refractivity (Wildman–Crippen MR) is 85.8 cm³/mol. The van der Waals surface area contributed by atoms with Gasteiger partial charge in [0.15, 0.2) is 0 Å². The lowest BCUT2D eigenvalue weighted by atomic mass is 10.2. The first kappa shape index (κ1) is 16.9. The van der Waals surface area contributed by atoms with E-state index in [-0.39, 0.29) is 11.9 Å². The van der Waals surface area contributed by atoms with Crippen LogP contribution in [-0.4, -0.2) is 35.1 Å². The lowest BCUT2D eigenvalue weighted by Gasteiger charge is -2.00. The Morgan fingerprint density at radius 2 is 1.26 bits per heavy atom. The normalized spacial score (nSPS) is 10.6. The number of carbonyl (C=O) groups excluding carboxylic acids is 2. The molecule has 0 aromatic carbocycles. The summed E-state index contributed by atoms with van der Waals surface area (Å²) in [5.74, 6) is -0.711. The van der Waals surface area contributed by atoms with Crippen molar-refractivity contribution >= 4 is 11.9 Å². The van der Waals surface area contributed by atoms with Crippen LogP contribution in [0.5, 0.6) is 0 Å². The molecule has 2 N–H and O–H groups in total. The second-order valence-electron chi connectivity index (χ2n) is 5.32. The van der Waals surface area contributed by atoms with Crippen molar-refractivity contribution < 1.29 is 19.1 Å². The van der Waals surface area contributed by atoms with Crippen LogP contribution in [0.2, 0.25) is 0 Å². The fourth-order valence-electron chi connectivity index (χ4n) is 2.48. The van der Waals surface area contributed by atoms with Gasteiger partial charge in [-0.25, -0.2) is 9.59 Å². The highest BCUT2D eigenvalue weighted by Crippen LogP contribution is 2.17. The summed E-state index contributed by atoms with van der Waals surface area (Å²) in [5, 5.41) is 0. The lowest BCUT2D eigenvalue weighted by Crippen LogP contribution is -2.07. The van der Waals surface area contributed by atoms with Crippen molar-refractivity contribution in [3.8, 4) is 0 Å². The molecule has 0 unspecified atom stereocenters. The summed E-state index contributed by atoms with van der Waals surface area (Å²) in [6, 6.07) is 3.82. The second kappa shape index (κ2) is 7.17. The highest BCUT2D eigenvalue weighted by Gasteiger charge is 2.17. The molecule has 0 atom stereocenters. The van der Waals surface area contributed by atoms with E-state index in [1.807, 2.05) is 26.0 Å². The van der Waals surface area contributed by atoms with Crippen LogP contribution in [0, 0.1) is 13.8 Å². The molecule has 0 amide bonds. The van der Waals surface area contributed by atoms with Crippen molar-refractivity contribution in [2.75, 3.05) is 13.2 Å². The maximum Gasteiger partial charge on any atom is 0.355 e. The summed E-state index contributed by atoms with van der Waals surface area (Å²) < 4.78 is 10.0. The molecule has 0 saturated heterocycles. The van der Waals surface area contributed by atoms with Crippen LogP contribution in [0.15, 0.2) is 12.1 Å². The molecule has 0 aliphatic carbocycles. The van der Waals surface area contributed by atoms with Crippen molar-refractivity contribution in [2.45, 2.75) is 34.1 Å². The van der Waals surface area contributed by atoms with Crippen molar-refractivity contribution in [1.82, 2.24) is 9.97 Å². The van der Waals surface area contributed by atoms with Crippen LogP contribution < -0.4 is 0 Å². The average Bonchev–Trinajstić information content (AvgIpc) is 3.02. The minimum Gasteiger partial charge on any atom is -0.461 e. The Kier molecular flexibility index (Phi) is 5.26. The summed E-state index contributed by atoms with van der Waals surface area (Å²) in [7, 11) is 0. The predicted octanol–water partition coefficient (Wildman–Crippen LogP) is 2.90. The molecule has 0 fully saturated rings. The van der Waals surface area contributed by atoms with E-state index in [1.54, 1.807) is 13.8 Å². The molecule has 6 nitrogen and oxygen atoms in total. The Morgan fingerprint density at radius 1 is 0.870 bits per heavy atom. The van der Waals surface area contributed by atoms with Crippen LogP contribution in [0.3, 0.4) is 0 Å². The molecule has 0 aliphatic heterocycles. The summed E-state index contributed by atoms with van der Waals surface area (Å²) in [6.45, 7) is 7.94. The quantitative estimate of drug-likeness (QED) is 0.802. The minimum atomic E-state index is -0.355. The molecule has 23 heavy (non-hydrogen) atoms. The van der Waals surface area contributed by atoms with E-state index >= 15 is 0 Å². The van der Waals surface area contributed by atoms with E-state index < -0.39 is 0 Å². The molecule has 0 spiro atoms. The third-order valence-electron chi connectivity index (χ3n) is 3.48. The third-order valence-corrected chi connectivity index (χ3v) is 3.48. The number of rotatable bonds is 6. The van der Waals surface area contributed by atoms with Crippen LogP contribution in [-0.2, 0) is 15.9 Å². The van der Waals surface area contributed by atoms with E-state index in [4.69, 9.17) is 9.47 Å². The zero-order valence-electron chi connectivity index (χ0n) is 13.9. The minimum absolute atomic E-state index is 0.339. The van der Waals surface area contributed by atoms with Gasteiger partial charge in [-0.2, -0.15) is 0 Å². The standard InChI is InChI=1S/C17H22N2O4/c1-5-22-16(20)14-10(3)7-12(18-14)9-13-8-11(4)15(19-13)17(21)23-6-2/h7-8,18-19H,5-6,9H2,1-4H3. The van der Waals surface area contributed by atoms with Crippen molar-refractivity contribution in [2.24, 2.45) is 0 Å². The fraction of sp³-hybridized carbons (Fsp3) is 0.412. The number of aryl methyl sites for hydroxylation is 2. The van der Waals surface area contributed by atoms with Gasteiger partial charge in [0.05, 0.1) is 13.2 Å². The van der Waals surface area contributed by atoms with Gasteiger partial charge in [0.25, 0.3) is 0 Å². The second-order valence-corrected chi connectivity index (χ2v) is 5.32. The third kappa shape index (κ3) is 3.83. The van der Waals surface area contributed by atoms with E-state index in [1.165, 1.54) is 0 Å². The van der Waals surface area contributed by atoms with Crippen molar-refractivity contribution in [3.63, 3.8) is 0 Å². The SMILES string of the molecule is CCOC(=O)c1[nH]c(Cc2cc(C)c(C(=O)OCC)[nH]2)cc1C. The highest BCUT2D eigenvalue weighted by atomic mass is 16.5. The van der Waals surface area contributed by atoms with Gasteiger partial charge in [-0.3, -0.25) is 0 Å². The topological polar surface area (TPSA) is 84.2 Å². The van der Waals surface area contributed by atoms with Gasteiger partial charge >= 0.3 is 11.9 Å². The van der Waals surface area contributed by atoms with Gasteiger partial charge < -0.3 is 19.4 Å². The lowest BCUT2D eigenvalue weighted by molar-refractivity contribution is 0.0510. The van der Waals surface area contributed by atoms with E-state index in [0.717, 1.165) is 22.5 Å². The Balaban J connectivity index is 2.17. The van der Waals surface area contributed by atoms with E-state index in [0.29, 0.717) is 31.0 Å². The molecule has 2 aromatic rings. The number of aromatic nitrogens is 2. The Bertz CT molecular complexity index is 652. The molecule has 6 heteroatoms. The maximum atomic E-state index is 11.8. The van der Waals surface area contributed by atoms with Crippen molar-refractivity contribution in [3.05, 3.63) is 46.0 Å². The largest absolute Gasteiger partial charge is 0.461 e. The Morgan fingerprint density at radius 3 is 1.61 bits per heavy atom. The van der Waals surface area contributed by atoms with Gasteiger partial charge in [-0.05, 0) is 51.0 Å². The molecule has 0 bridgehead atoms. The molecular weight excluding hydrogens is 296 g/mol. The van der Waals surface area contributed by atoms with Gasteiger partial charge in [0, 0.05) is 17.8 Å². The molecule has 0 aliphatic rings. The average molecular weight is 318 g/mol. The monoisotopic (exact) mass is 318 g/mol. The van der Waals surface area contributed by atoms with Crippen LogP contribution in [0.25, 0.3) is 0 Å². The molecule has 0 saturated carbocycles. The number of nitrogens with one attached hydrogen (secondary N) is 2. The van der Waals surface area contributed by atoms with Crippen LogP contribution in [0.1, 0.15) is 57.3 Å². The summed E-state index contributed by atoms with van der Waals surface area (Å²) in [4.78, 5) is 29.8. The smallest absolute Gasteiger partial charge is 0.355 e. The Hall–Kier alpha value is -2.50. The molecule has 2 heterocycles. The number of H-pyrrole nitrogens is 2. The molecule has 2 rings (SSSR count). The maximum absolute atomic E-state index is 11.8. The molecular formula is C17H22N2O4. The number of esters is 2. The zero-order valence-corrected chi connectivity index (χ0v) is 13.9. The van der Waals surface area contributed by atoms with Crippen LogP contribution >= 0.6 is 0 Å². The molecule has 0 radical (unpaired) electrons. The van der Waals surface area contributed by atoms with Gasteiger partial charge in [-0.15, -0.1) is 0 Å². The number of hydrogen-bond donors (Lipinski definition) is 2. The highest BCUT2D eigenvalue weighted by molar-refractivity contribution is 5.89. The van der Waals surface area contributed by atoms with Gasteiger partial charge in [0.2, 0.25) is 0 Å². The van der Waals surface area contributed by atoms with Gasteiger partial charge in [0.1, 0.15) is 11.4 Å². The number of aromatic amines is 2. The van der Waals surface area contributed by atoms with E-state index in [2.05, 4.69) is 9.97 Å². The molecule has 124 valence electrons. The zero-order chi connectivity index (χ0) is 17.0. The summed E-state index contributed by atoms with van der Waals surface area (Å²) >= 11 is 0.